The van der Waals surface area contributed by atoms with Crippen molar-refractivity contribution in [1.29, 1.82) is 0 Å². The van der Waals surface area contributed by atoms with Gasteiger partial charge in [-0.3, -0.25) is 9.59 Å². The van der Waals surface area contributed by atoms with Crippen LogP contribution in [0.4, 0.5) is 0 Å². The SMILES string of the molecule is CS(=O)(=O)CC[C@H](NS(=O)(=O)c1ccc2ccccc2c1)C(=O)O.O=C(O)C1CCN1. The smallest absolute Gasteiger partial charge is 0.321 e. The van der Waals surface area contributed by atoms with Crippen LogP contribution in [0.1, 0.15) is 12.8 Å². The van der Waals surface area contributed by atoms with E-state index in [2.05, 4.69) is 10.0 Å². The van der Waals surface area contributed by atoms with Crippen molar-refractivity contribution in [1.82, 2.24) is 10.0 Å². The van der Waals surface area contributed by atoms with Gasteiger partial charge in [-0.05, 0) is 42.3 Å². The first kappa shape index (κ1) is 24.7. The Bertz CT molecular complexity index is 1160. The van der Waals surface area contributed by atoms with Gasteiger partial charge in [0.2, 0.25) is 10.0 Å². The second-order valence-electron chi connectivity index (χ2n) is 7.07. The van der Waals surface area contributed by atoms with Gasteiger partial charge in [-0.2, -0.15) is 4.72 Å². The van der Waals surface area contributed by atoms with Crippen LogP contribution in [0.3, 0.4) is 0 Å². The number of hydrogen-bond acceptors (Lipinski definition) is 7. The molecular weight excluding hydrogens is 448 g/mol. The predicted octanol–water partition coefficient (Wildman–Crippen LogP) is 0.439. The van der Waals surface area contributed by atoms with Crippen LogP contribution in [-0.4, -0.2) is 69.6 Å². The molecule has 1 aliphatic rings. The van der Waals surface area contributed by atoms with Gasteiger partial charge in [-0.1, -0.05) is 30.3 Å². The summed E-state index contributed by atoms with van der Waals surface area (Å²) in [6.45, 7) is 0.858. The highest BCUT2D eigenvalue weighted by Gasteiger charge is 2.26. The zero-order chi connectivity index (χ0) is 23.2. The normalized spacial score (nSPS) is 17.1. The van der Waals surface area contributed by atoms with E-state index in [1.54, 1.807) is 18.2 Å². The summed E-state index contributed by atoms with van der Waals surface area (Å²) in [5.74, 6) is -2.58. The van der Waals surface area contributed by atoms with E-state index in [9.17, 15) is 26.4 Å². The fraction of sp³-hybridized carbons (Fsp3) is 0.368. The van der Waals surface area contributed by atoms with E-state index in [1.807, 2.05) is 12.1 Å². The number of carboxylic acids is 2. The van der Waals surface area contributed by atoms with Gasteiger partial charge in [0.25, 0.3) is 0 Å². The Kier molecular flexibility index (Phi) is 8.12. The first-order valence-corrected chi connectivity index (χ1v) is 12.8. The van der Waals surface area contributed by atoms with Crippen molar-refractivity contribution in [3.63, 3.8) is 0 Å². The molecule has 2 aromatic carbocycles. The standard InChI is InChI=1S/C15H17NO6S2.C4H7NO2/c1-23(19,20)9-8-14(15(17)18)16-24(21,22)13-7-6-11-4-2-3-5-12(11)10-13;6-4(7)3-1-2-5-3/h2-7,10,14,16H,8-9H2,1H3,(H,17,18);3,5H,1-2H2,(H,6,7)/t14-;/m0./s1. The van der Waals surface area contributed by atoms with Crippen molar-refractivity contribution in [2.24, 2.45) is 0 Å². The van der Waals surface area contributed by atoms with Gasteiger partial charge in [-0.15, -0.1) is 0 Å². The fourth-order valence-corrected chi connectivity index (χ4v) is 4.58. The molecule has 0 aromatic heterocycles. The zero-order valence-electron chi connectivity index (χ0n) is 16.7. The summed E-state index contributed by atoms with van der Waals surface area (Å²) in [5.41, 5.74) is 0. The number of aliphatic carboxylic acids is 2. The number of benzene rings is 2. The summed E-state index contributed by atoms with van der Waals surface area (Å²) in [6, 6.07) is 9.82. The lowest BCUT2D eigenvalue weighted by molar-refractivity contribution is -0.141. The number of sulfonamides is 1. The van der Waals surface area contributed by atoms with E-state index >= 15 is 0 Å². The summed E-state index contributed by atoms with van der Waals surface area (Å²) < 4.78 is 49.2. The molecule has 1 aliphatic heterocycles. The third-order valence-electron chi connectivity index (χ3n) is 4.53. The third kappa shape index (κ3) is 7.58. The molecule has 0 amide bonds. The number of sulfone groups is 1. The molecule has 170 valence electrons. The molecule has 12 heteroatoms. The quantitative estimate of drug-likeness (QED) is 0.426. The Morgan fingerprint density at radius 1 is 1.10 bits per heavy atom. The van der Waals surface area contributed by atoms with Crippen molar-refractivity contribution in [3.05, 3.63) is 42.5 Å². The van der Waals surface area contributed by atoms with Crippen LogP contribution in [0, 0.1) is 0 Å². The Labute approximate surface area is 180 Å². The van der Waals surface area contributed by atoms with Crippen molar-refractivity contribution in [3.8, 4) is 0 Å². The Morgan fingerprint density at radius 2 is 1.71 bits per heavy atom. The molecule has 0 spiro atoms. The Balaban J connectivity index is 0.000000412. The lowest BCUT2D eigenvalue weighted by atomic mass is 10.1. The monoisotopic (exact) mass is 472 g/mol. The number of fused-ring (bicyclic) bond motifs is 1. The molecule has 10 nitrogen and oxygen atoms in total. The van der Waals surface area contributed by atoms with Crippen molar-refractivity contribution < 1.29 is 36.6 Å². The van der Waals surface area contributed by atoms with Crippen LogP contribution in [0.25, 0.3) is 10.8 Å². The largest absolute Gasteiger partial charge is 0.480 e. The van der Waals surface area contributed by atoms with Crippen LogP contribution >= 0.6 is 0 Å². The van der Waals surface area contributed by atoms with Crippen LogP contribution < -0.4 is 10.0 Å². The predicted molar refractivity (Wildman–Crippen MR) is 114 cm³/mol. The fourth-order valence-electron chi connectivity index (χ4n) is 2.65. The summed E-state index contributed by atoms with van der Waals surface area (Å²) >= 11 is 0. The van der Waals surface area contributed by atoms with Crippen LogP contribution in [0.15, 0.2) is 47.4 Å². The Hall–Kier alpha value is -2.54. The van der Waals surface area contributed by atoms with E-state index in [4.69, 9.17) is 10.2 Å². The zero-order valence-corrected chi connectivity index (χ0v) is 18.3. The van der Waals surface area contributed by atoms with Crippen molar-refractivity contribution in [2.45, 2.75) is 29.8 Å². The highest BCUT2D eigenvalue weighted by Crippen LogP contribution is 2.19. The van der Waals surface area contributed by atoms with Gasteiger partial charge >= 0.3 is 11.9 Å². The minimum atomic E-state index is -4.09. The lowest BCUT2D eigenvalue weighted by Gasteiger charge is -2.22. The maximum atomic E-state index is 12.4. The molecule has 0 saturated carbocycles. The minimum Gasteiger partial charge on any atom is -0.480 e. The van der Waals surface area contributed by atoms with Crippen LogP contribution in [-0.2, 0) is 29.4 Å². The van der Waals surface area contributed by atoms with E-state index in [1.165, 1.54) is 12.1 Å². The van der Waals surface area contributed by atoms with Gasteiger partial charge in [0, 0.05) is 6.26 Å². The molecule has 0 radical (unpaired) electrons. The van der Waals surface area contributed by atoms with Crippen molar-refractivity contribution in [2.75, 3.05) is 18.6 Å². The van der Waals surface area contributed by atoms with Gasteiger partial charge in [0.1, 0.15) is 21.9 Å². The highest BCUT2D eigenvalue weighted by molar-refractivity contribution is 7.90. The van der Waals surface area contributed by atoms with E-state index in [0.717, 1.165) is 24.6 Å². The minimum absolute atomic E-state index is 0.0770. The van der Waals surface area contributed by atoms with Crippen LogP contribution in [0.5, 0.6) is 0 Å². The molecule has 1 saturated heterocycles. The first-order valence-electron chi connectivity index (χ1n) is 9.27. The molecule has 1 heterocycles. The molecular formula is C19H24N2O8S2. The molecule has 1 fully saturated rings. The highest BCUT2D eigenvalue weighted by atomic mass is 32.2. The molecule has 2 aromatic rings. The summed E-state index contributed by atoms with van der Waals surface area (Å²) in [6.07, 6.45) is 1.40. The number of hydrogen-bond donors (Lipinski definition) is 4. The summed E-state index contributed by atoms with van der Waals surface area (Å²) in [4.78, 5) is 21.1. The van der Waals surface area contributed by atoms with E-state index < -0.39 is 43.6 Å². The topological polar surface area (TPSA) is 167 Å². The number of rotatable bonds is 8. The van der Waals surface area contributed by atoms with Gasteiger partial charge in [0.15, 0.2) is 0 Å². The third-order valence-corrected chi connectivity index (χ3v) is 6.97. The van der Waals surface area contributed by atoms with Gasteiger partial charge in [-0.25, -0.2) is 16.8 Å². The number of nitrogens with one attached hydrogen (secondary N) is 2. The molecule has 3 rings (SSSR count). The summed E-state index contributed by atoms with van der Waals surface area (Å²) in [7, 11) is -7.49. The van der Waals surface area contributed by atoms with Gasteiger partial charge in [0.05, 0.1) is 10.6 Å². The Morgan fingerprint density at radius 3 is 2.16 bits per heavy atom. The molecule has 2 atom stereocenters. The van der Waals surface area contributed by atoms with E-state index in [-0.39, 0.29) is 17.4 Å². The maximum absolute atomic E-state index is 12.4. The second-order valence-corrected chi connectivity index (χ2v) is 11.0. The van der Waals surface area contributed by atoms with Gasteiger partial charge < -0.3 is 15.5 Å². The second kappa shape index (κ2) is 10.2. The van der Waals surface area contributed by atoms with E-state index in [0.29, 0.717) is 5.39 Å². The molecule has 0 aliphatic carbocycles. The average molecular weight is 473 g/mol. The molecule has 1 unspecified atom stereocenters. The lowest BCUT2D eigenvalue weighted by Crippen LogP contribution is -2.48. The average Bonchev–Trinajstić information content (AvgIpc) is 2.62. The van der Waals surface area contributed by atoms with Crippen LogP contribution in [0.2, 0.25) is 0 Å². The number of carboxylic acid groups (broad SMARTS) is 2. The van der Waals surface area contributed by atoms with Crippen molar-refractivity contribution >= 4 is 42.6 Å². The maximum Gasteiger partial charge on any atom is 0.321 e. The molecule has 0 bridgehead atoms. The molecule has 31 heavy (non-hydrogen) atoms. The molecule has 4 N–H and O–H groups in total. The first-order chi connectivity index (χ1) is 14.4. The number of carbonyl (C=O) groups is 2. The summed E-state index contributed by atoms with van der Waals surface area (Å²) in [5, 5.41) is 21.6.